The normalized spacial score (nSPS) is 18.4. The molecular weight excluding hydrogens is 363 g/mol. The minimum atomic E-state index is -0.372. The molecule has 1 fully saturated rings. The van der Waals surface area contributed by atoms with Crippen molar-refractivity contribution in [2.24, 2.45) is 11.8 Å². The Bertz CT molecular complexity index is 826. The summed E-state index contributed by atoms with van der Waals surface area (Å²) in [5.41, 5.74) is 1.10. The molecule has 2 aromatic carbocycles. The summed E-state index contributed by atoms with van der Waals surface area (Å²) in [6, 6.07) is 11.8. The van der Waals surface area contributed by atoms with Gasteiger partial charge in [0, 0.05) is 15.7 Å². The quantitative estimate of drug-likeness (QED) is 0.818. The van der Waals surface area contributed by atoms with Gasteiger partial charge in [0.1, 0.15) is 5.75 Å². The summed E-state index contributed by atoms with van der Waals surface area (Å²) in [4.78, 5) is 24.6. The van der Waals surface area contributed by atoms with Crippen LogP contribution in [0.1, 0.15) is 6.42 Å². The number of ether oxygens (including phenoxy) is 1. The average molecular weight is 379 g/mol. The van der Waals surface area contributed by atoms with E-state index >= 15 is 0 Å². The molecule has 1 aliphatic carbocycles. The van der Waals surface area contributed by atoms with Gasteiger partial charge in [-0.1, -0.05) is 29.3 Å². The SMILES string of the molecule is COc1ccc(Cl)cc1NC(=O)C1CC1C(=O)Nc1cccc(Cl)c1. The first-order chi connectivity index (χ1) is 12.0. The van der Waals surface area contributed by atoms with Gasteiger partial charge in [0.2, 0.25) is 11.8 Å². The largest absolute Gasteiger partial charge is 0.495 e. The van der Waals surface area contributed by atoms with Crippen molar-refractivity contribution in [2.45, 2.75) is 6.42 Å². The maximum absolute atomic E-state index is 12.4. The molecule has 0 radical (unpaired) electrons. The van der Waals surface area contributed by atoms with E-state index in [-0.39, 0.29) is 23.7 Å². The molecule has 0 bridgehead atoms. The number of methoxy groups -OCH3 is 1. The number of benzene rings is 2. The van der Waals surface area contributed by atoms with Gasteiger partial charge in [0.05, 0.1) is 24.6 Å². The number of nitrogens with one attached hydrogen (secondary N) is 2. The van der Waals surface area contributed by atoms with E-state index in [1.54, 1.807) is 42.5 Å². The minimum absolute atomic E-state index is 0.194. The number of hydrogen-bond donors (Lipinski definition) is 2. The summed E-state index contributed by atoms with van der Waals surface area (Å²) in [6.07, 6.45) is 0.501. The summed E-state index contributed by atoms with van der Waals surface area (Å²) in [5.74, 6) is -0.641. The van der Waals surface area contributed by atoms with E-state index in [9.17, 15) is 9.59 Å². The van der Waals surface area contributed by atoms with Crippen molar-refractivity contribution in [3.63, 3.8) is 0 Å². The average Bonchev–Trinajstić information content (AvgIpc) is 3.36. The smallest absolute Gasteiger partial charge is 0.228 e. The van der Waals surface area contributed by atoms with Gasteiger partial charge in [-0.2, -0.15) is 0 Å². The van der Waals surface area contributed by atoms with Crippen molar-refractivity contribution in [1.29, 1.82) is 0 Å². The number of halogens is 2. The van der Waals surface area contributed by atoms with Crippen molar-refractivity contribution in [3.8, 4) is 5.75 Å². The fourth-order valence-corrected chi connectivity index (χ4v) is 2.94. The lowest BCUT2D eigenvalue weighted by Crippen LogP contribution is -2.20. The Hall–Kier alpha value is -2.24. The van der Waals surface area contributed by atoms with Crippen molar-refractivity contribution in [3.05, 3.63) is 52.5 Å². The number of carbonyl (C=O) groups excluding carboxylic acids is 2. The lowest BCUT2D eigenvalue weighted by atomic mass is 10.2. The van der Waals surface area contributed by atoms with Gasteiger partial charge in [-0.15, -0.1) is 0 Å². The standard InChI is InChI=1S/C18H16Cl2N2O3/c1-25-16-6-5-11(20)8-15(16)22-18(24)14-9-13(14)17(23)21-12-4-2-3-10(19)7-12/h2-8,13-14H,9H2,1H3,(H,21,23)(H,22,24). The first kappa shape index (κ1) is 17.6. The Balaban J connectivity index is 1.60. The Morgan fingerprint density at radius 1 is 1.00 bits per heavy atom. The zero-order valence-electron chi connectivity index (χ0n) is 13.4. The van der Waals surface area contributed by atoms with Crippen LogP contribution in [0.5, 0.6) is 5.75 Å². The molecule has 7 heteroatoms. The number of anilines is 2. The van der Waals surface area contributed by atoms with Gasteiger partial charge >= 0.3 is 0 Å². The van der Waals surface area contributed by atoms with E-state index in [0.717, 1.165) is 0 Å². The van der Waals surface area contributed by atoms with Crippen LogP contribution in [0.15, 0.2) is 42.5 Å². The molecule has 2 aromatic rings. The Morgan fingerprint density at radius 2 is 1.68 bits per heavy atom. The second-order valence-electron chi connectivity index (χ2n) is 5.78. The fraction of sp³-hybridized carbons (Fsp3) is 0.222. The Labute approximate surface area is 155 Å². The molecule has 5 nitrogen and oxygen atoms in total. The van der Waals surface area contributed by atoms with E-state index in [4.69, 9.17) is 27.9 Å². The first-order valence-corrected chi connectivity index (χ1v) is 8.44. The topological polar surface area (TPSA) is 67.4 Å². The van der Waals surface area contributed by atoms with Crippen molar-refractivity contribution in [1.82, 2.24) is 0 Å². The minimum Gasteiger partial charge on any atom is -0.495 e. The molecule has 0 heterocycles. The zero-order chi connectivity index (χ0) is 18.0. The van der Waals surface area contributed by atoms with Gasteiger partial charge in [-0.3, -0.25) is 9.59 Å². The van der Waals surface area contributed by atoms with E-state index < -0.39 is 0 Å². The van der Waals surface area contributed by atoms with Crippen LogP contribution in [0.3, 0.4) is 0 Å². The highest BCUT2D eigenvalue weighted by Crippen LogP contribution is 2.41. The van der Waals surface area contributed by atoms with Gasteiger partial charge < -0.3 is 15.4 Å². The Kier molecular flexibility index (Phi) is 5.16. The number of hydrogen-bond acceptors (Lipinski definition) is 3. The zero-order valence-corrected chi connectivity index (χ0v) is 14.9. The summed E-state index contributed by atoms with van der Waals surface area (Å²) in [5, 5.41) is 6.57. The molecule has 1 aliphatic rings. The highest BCUT2D eigenvalue weighted by atomic mass is 35.5. The molecule has 2 unspecified atom stereocenters. The third-order valence-corrected chi connectivity index (χ3v) is 4.45. The third kappa shape index (κ3) is 4.24. The van der Waals surface area contributed by atoms with Crippen LogP contribution in [-0.2, 0) is 9.59 Å². The summed E-state index contributed by atoms with van der Waals surface area (Å²) in [7, 11) is 1.51. The third-order valence-electron chi connectivity index (χ3n) is 3.98. The molecular formula is C18H16Cl2N2O3. The summed E-state index contributed by atoms with van der Waals surface area (Å²) < 4.78 is 5.20. The van der Waals surface area contributed by atoms with Crippen molar-refractivity contribution >= 4 is 46.4 Å². The van der Waals surface area contributed by atoms with Crippen LogP contribution in [0, 0.1) is 11.8 Å². The Morgan fingerprint density at radius 3 is 2.36 bits per heavy atom. The van der Waals surface area contributed by atoms with E-state index in [1.807, 2.05) is 0 Å². The van der Waals surface area contributed by atoms with Crippen molar-refractivity contribution in [2.75, 3.05) is 17.7 Å². The highest BCUT2D eigenvalue weighted by Gasteiger charge is 2.48. The maximum Gasteiger partial charge on any atom is 0.228 e. The molecule has 2 atom stereocenters. The molecule has 3 rings (SSSR count). The maximum atomic E-state index is 12.4. The number of carbonyl (C=O) groups is 2. The molecule has 25 heavy (non-hydrogen) atoms. The molecule has 2 N–H and O–H groups in total. The van der Waals surface area contributed by atoms with Crippen LogP contribution >= 0.6 is 23.2 Å². The van der Waals surface area contributed by atoms with E-state index in [2.05, 4.69) is 10.6 Å². The monoisotopic (exact) mass is 378 g/mol. The fourth-order valence-electron chi connectivity index (χ4n) is 2.58. The number of rotatable bonds is 5. The van der Waals surface area contributed by atoms with Crippen LogP contribution < -0.4 is 15.4 Å². The van der Waals surface area contributed by atoms with E-state index in [1.165, 1.54) is 7.11 Å². The van der Waals surface area contributed by atoms with Crippen LogP contribution in [0.25, 0.3) is 0 Å². The van der Waals surface area contributed by atoms with Crippen LogP contribution in [-0.4, -0.2) is 18.9 Å². The predicted octanol–water partition coefficient (Wildman–Crippen LogP) is 4.22. The number of amides is 2. The molecule has 0 spiro atoms. The van der Waals surface area contributed by atoms with Crippen molar-refractivity contribution < 1.29 is 14.3 Å². The molecule has 1 saturated carbocycles. The molecule has 0 aromatic heterocycles. The van der Waals surface area contributed by atoms with Gasteiger partial charge in [-0.25, -0.2) is 0 Å². The summed E-state index contributed by atoms with van der Waals surface area (Å²) >= 11 is 11.8. The van der Waals surface area contributed by atoms with Crippen LogP contribution in [0.4, 0.5) is 11.4 Å². The van der Waals surface area contributed by atoms with Crippen LogP contribution in [0.2, 0.25) is 10.0 Å². The lowest BCUT2D eigenvalue weighted by Gasteiger charge is -2.10. The van der Waals surface area contributed by atoms with Gasteiger partial charge in [0.15, 0.2) is 0 Å². The van der Waals surface area contributed by atoms with Gasteiger partial charge in [-0.05, 0) is 42.8 Å². The highest BCUT2D eigenvalue weighted by molar-refractivity contribution is 6.31. The second kappa shape index (κ2) is 7.33. The molecule has 0 saturated heterocycles. The molecule has 130 valence electrons. The predicted molar refractivity (Wildman–Crippen MR) is 98.3 cm³/mol. The molecule has 2 amide bonds. The first-order valence-electron chi connectivity index (χ1n) is 7.69. The second-order valence-corrected chi connectivity index (χ2v) is 6.66. The summed E-state index contributed by atoms with van der Waals surface area (Å²) in [6.45, 7) is 0. The van der Waals surface area contributed by atoms with Gasteiger partial charge in [0.25, 0.3) is 0 Å². The lowest BCUT2D eigenvalue weighted by molar-refractivity contribution is -0.122. The molecule has 0 aliphatic heterocycles. The van der Waals surface area contributed by atoms with E-state index in [0.29, 0.717) is 33.6 Å².